The molecule has 11 nitrogen and oxygen atoms in total. The number of nitrogens with two attached hydrogens (primary N) is 2. The van der Waals surface area contributed by atoms with Gasteiger partial charge in [0.2, 0.25) is 5.95 Å². The number of nitrogens with one attached hydrogen (secondary N) is 2. The molecule has 3 rings (SSSR count). The molecular formula is C21H26N6O5. The number of carboxylic acids is 2. The van der Waals surface area contributed by atoms with Crippen LogP contribution in [-0.2, 0) is 22.4 Å². The summed E-state index contributed by atoms with van der Waals surface area (Å²) < 4.78 is 0. The number of aryl methyl sites for hydroxylation is 1. The monoisotopic (exact) mass is 442 g/mol. The first-order chi connectivity index (χ1) is 15.2. The average Bonchev–Trinajstić information content (AvgIpc) is 2.75. The molecule has 11 heteroatoms. The van der Waals surface area contributed by atoms with E-state index >= 15 is 0 Å². The minimum Gasteiger partial charge on any atom is -0.481 e. The molecule has 1 aromatic carbocycles. The van der Waals surface area contributed by atoms with Gasteiger partial charge in [0.15, 0.2) is 0 Å². The third-order valence-electron chi connectivity index (χ3n) is 5.42. The fraction of sp³-hybridized carbons (Fsp3) is 0.381. The lowest BCUT2D eigenvalue weighted by atomic mass is 9.86. The molecule has 0 aliphatic heterocycles. The summed E-state index contributed by atoms with van der Waals surface area (Å²) in [5.41, 5.74) is 14.6. The maximum Gasteiger partial charge on any atom is 0.326 e. The van der Waals surface area contributed by atoms with E-state index in [4.69, 9.17) is 16.6 Å². The number of nitrogens with zero attached hydrogens (tertiary/aromatic N) is 2. The van der Waals surface area contributed by atoms with Crippen LogP contribution in [0.3, 0.4) is 0 Å². The summed E-state index contributed by atoms with van der Waals surface area (Å²) >= 11 is 0. The van der Waals surface area contributed by atoms with Crippen molar-refractivity contribution in [2.75, 3.05) is 23.3 Å². The number of aromatic nitrogens is 2. The molecule has 1 aliphatic rings. The molecule has 1 aliphatic carbocycles. The van der Waals surface area contributed by atoms with Crippen molar-refractivity contribution in [1.29, 1.82) is 0 Å². The van der Waals surface area contributed by atoms with E-state index in [1.807, 2.05) is 0 Å². The van der Waals surface area contributed by atoms with E-state index in [1.165, 1.54) is 0 Å². The highest BCUT2D eigenvalue weighted by molar-refractivity contribution is 5.96. The number of anilines is 3. The Hall–Kier alpha value is -3.89. The highest BCUT2D eigenvalue weighted by atomic mass is 16.4. The predicted molar refractivity (Wildman–Crippen MR) is 117 cm³/mol. The van der Waals surface area contributed by atoms with Gasteiger partial charge in [0.05, 0.1) is 5.69 Å². The molecule has 2 aromatic rings. The number of benzene rings is 1. The molecule has 32 heavy (non-hydrogen) atoms. The lowest BCUT2D eigenvalue weighted by Crippen LogP contribution is -2.41. The molecule has 1 aromatic heterocycles. The molecule has 1 amide bonds. The quantitative estimate of drug-likeness (QED) is 0.325. The number of nitrogen functional groups attached to an aromatic ring is 2. The Kier molecular flexibility index (Phi) is 7.08. The average molecular weight is 442 g/mol. The zero-order valence-electron chi connectivity index (χ0n) is 17.4. The van der Waals surface area contributed by atoms with Crippen molar-refractivity contribution in [1.82, 2.24) is 15.3 Å². The summed E-state index contributed by atoms with van der Waals surface area (Å²) in [5.74, 6) is -2.02. The maximum atomic E-state index is 12.3. The van der Waals surface area contributed by atoms with Gasteiger partial charge in [0.25, 0.3) is 5.91 Å². The Labute approximate surface area is 184 Å². The van der Waals surface area contributed by atoms with Crippen molar-refractivity contribution in [3.05, 3.63) is 41.1 Å². The largest absolute Gasteiger partial charge is 0.481 e. The highest BCUT2D eigenvalue weighted by Crippen LogP contribution is 2.28. The van der Waals surface area contributed by atoms with Crippen LogP contribution in [0.15, 0.2) is 24.3 Å². The zero-order chi connectivity index (χ0) is 23.3. The maximum absolute atomic E-state index is 12.3. The van der Waals surface area contributed by atoms with Crippen LogP contribution in [0.4, 0.5) is 17.5 Å². The molecule has 0 radical (unpaired) electrons. The minimum absolute atomic E-state index is 0.192. The first-order valence-corrected chi connectivity index (χ1v) is 10.2. The summed E-state index contributed by atoms with van der Waals surface area (Å²) in [4.78, 5) is 42.5. The van der Waals surface area contributed by atoms with Gasteiger partial charge in [-0.15, -0.1) is 0 Å². The number of hydrogen-bond donors (Lipinski definition) is 6. The molecule has 0 unspecified atom stereocenters. The van der Waals surface area contributed by atoms with Crippen LogP contribution < -0.4 is 22.1 Å². The summed E-state index contributed by atoms with van der Waals surface area (Å²) in [6.45, 7) is 0.699. The Morgan fingerprint density at radius 3 is 2.50 bits per heavy atom. The van der Waals surface area contributed by atoms with E-state index in [2.05, 4.69) is 20.6 Å². The highest BCUT2D eigenvalue weighted by Gasteiger charge is 2.23. The van der Waals surface area contributed by atoms with Crippen LogP contribution in [-0.4, -0.2) is 50.6 Å². The second-order valence-corrected chi connectivity index (χ2v) is 7.76. The summed E-state index contributed by atoms with van der Waals surface area (Å²) in [6.07, 6.45) is 1.93. The molecule has 170 valence electrons. The van der Waals surface area contributed by atoms with E-state index in [9.17, 15) is 19.5 Å². The van der Waals surface area contributed by atoms with Gasteiger partial charge in [-0.1, -0.05) is 0 Å². The molecule has 0 bridgehead atoms. The van der Waals surface area contributed by atoms with Crippen LogP contribution in [0.2, 0.25) is 0 Å². The number of amides is 1. The minimum atomic E-state index is -1.28. The predicted octanol–water partition coefficient (Wildman–Crippen LogP) is 0.906. The molecule has 0 spiro atoms. The zero-order valence-corrected chi connectivity index (χ0v) is 17.4. The number of fused-ring (bicyclic) bond motifs is 1. The van der Waals surface area contributed by atoms with Gasteiger partial charge in [-0.3, -0.25) is 9.59 Å². The fourth-order valence-electron chi connectivity index (χ4n) is 3.67. The van der Waals surface area contributed by atoms with Gasteiger partial charge < -0.3 is 32.3 Å². The number of rotatable bonds is 9. The normalized spacial score (nSPS) is 15.9. The molecule has 0 saturated carbocycles. The van der Waals surface area contributed by atoms with E-state index in [-0.39, 0.29) is 24.4 Å². The van der Waals surface area contributed by atoms with Crippen molar-refractivity contribution < 1.29 is 24.6 Å². The van der Waals surface area contributed by atoms with Crippen LogP contribution in [0.1, 0.15) is 40.9 Å². The summed E-state index contributed by atoms with van der Waals surface area (Å²) in [6, 6.07) is 5.36. The number of carbonyl (C=O) groups excluding carboxylic acids is 1. The van der Waals surface area contributed by atoms with Crippen LogP contribution in [0.5, 0.6) is 0 Å². The molecular weight excluding hydrogens is 416 g/mol. The van der Waals surface area contributed by atoms with Crippen molar-refractivity contribution in [2.45, 2.75) is 38.1 Å². The smallest absolute Gasteiger partial charge is 0.326 e. The molecule has 0 saturated heterocycles. The fourth-order valence-corrected chi connectivity index (χ4v) is 3.67. The Morgan fingerprint density at radius 2 is 1.84 bits per heavy atom. The van der Waals surface area contributed by atoms with Crippen LogP contribution in [0, 0.1) is 5.92 Å². The van der Waals surface area contributed by atoms with E-state index in [0.717, 1.165) is 36.2 Å². The standard InChI is InChI=1S/C21H26N6O5/c22-18-14-9-11(1-6-15(14)26-21(23)27-18)10-24-13-4-2-12(3-5-13)19(30)25-16(20(31)32)7-8-17(28)29/h2-5,11,16,24H,1,6-10H2,(H,25,30)(H,28,29)(H,31,32)(H4,22,23,26,27)/t11-,16-/m1/s1. The van der Waals surface area contributed by atoms with Gasteiger partial charge >= 0.3 is 11.9 Å². The molecule has 1 heterocycles. The van der Waals surface area contributed by atoms with E-state index < -0.39 is 23.9 Å². The third-order valence-corrected chi connectivity index (χ3v) is 5.42. The van der Waals surface area contributed by atoms with E-state index in [0.29, 0.717) is 18.3 Å². The summed E-state index contributed by atoms with van der Waals surface area (Å²) in [7, 11) is 0. The first kappa shape index (κ1) is 22.8. The SMILES string of the molecule is Nc1nc(N)c2c(n1)CC[C@@H](CNc1ccc(C(=O)N[C@H](CCC(=O)O)C(=O)O)cc1)C2. The van der Waals surface area contributed by atoms with Gasteiger partial charge in [0, 0.05) is 29.8 Å². The summed E-state index contributed by atoms with van der Waals surface area (Å²) in [5, 5.41) is 23.6. The third kappa shape index (κ3) is 5.84. The molecule has 2 atom stereocenters. The number of carboxylic acid groups (broad SMARTS) is 2. The first-order valence-electron chi connectivity index (χ1n) is 10.2. The number of carbonyl (C=O) groups is 3. The van der Waals surface area contributed by atoms with Crippen molar-refractivity contribution in [3.63, 3.8) is 0 Å². The molecule has 0 fully saturated rings. The van der Waals surface area contributed by atoms with Gasteiger partial charge in [0.1, 0.15) is 11.9 Å². The lowest BCUT2D eigenvalue weighted by molar-refractivity contribution is -0.140. The topological polar surface area (TPSA) is 194 Å². The van der Waals surface area contributed by atoms with Gasteiger partial charge in [-0.05, 0) is 55.9 Å². The van der Waals surface area contributed by atoms with Crippen molar-refractivity contribution in [2.24, 2.45) is 5.92 Å². The Balaban J connectivity index is 1.54. The van der Waals surface area contributed by atoms with Crippen molar-refractivity contribution >= 4 is 35.3 Å². The Bertz CT molecular complexity index is 1010. The number of hydrogen-bond acceptors (Lipinski definition) is 8. The molecule has 8 N–H and O–H groups in total. The lowest BCUT2D eigenvalue weighted by Gasteiger charge is -2.25. The van der Waals surface area contributed by atoms with Crippen LogP contribution in [0.25, 0.3) is 0 Å². The van der Waals surface area contributed by atoms with Gasteiger partial charge in [-0.2, -0.15) is 4.98 Å². The van der Waals surface area contributed by atoms with Crippen molar-refractivity contribution in [3.8, 4) is 0 Å². The Morgan fingerprint density at radius 1 is 1.12 bits per heavy atom. The second-order valence-electron chi connectivity index (χ2n) is 7.76. The van der Waals surface area contributed by atoms with Crippen LogP contribution >= 0.6 is 0 Å². The second kappa shape index (κ2) is 9.94. The number of aliphatic carboxylic acids is 2. The van der Waals surface area contributed by atoms with E-state index in [1.54, 1.807) is 24.3 Å². The van der Waals surface area contributed by atoms with Gasteiger partial charge in [-0.25, -0.2) is 9.78 Å².